The first-order valence-electron chi connectivity index (χ1n) is 10.5. The molecule has 1 aliphatic rings. The zero-order valence-corrected chi connectivity index (χ0v) is 18.9. The minimum absolute atomic E-state index is 0.132. The summed E-state index contributed by atoms with van der Waals surface area (Å²) in [6, 6.07) is 22.3. The van der Waals surface area contributed by atoms with Crippen LogP contribution < -0.4 is 0 Å². The molecule has 0 radical (unpaired) electrons. The van der Waals surface area contributed by atoms with Crippen LogP contribution in [0.3, 0.4) is 0 Å². The zero-order chi connectivity index (χ0) is 21.7. The van der Waals surface area contributed by atoms with Gasteiger partial charge in [0.2, 0.25) is 5.91 Å². The topological polar surface area (TPSA) is 57.7 Å². The Bertz CT molecular complexity index is 1040. The van der Waals surface area contributed by atoms with Gasteiger partial charge in [-0.25, -0.2) is 8.42 Å². The number of benzene rings is 2. The third-order valence-electron chi connectivity index (χ3n) is 5.54. The van der Waals surface area contributed by atoms with Gasteiger partial charge in [-0.05, 0) is 35.4 Å². The summed E-state index contributed by atoms with van der Waals surface area (Å²) in [6.07, 6.45) is 2.16. The summed E-state index contributed by atoms with van der Waals surface area (Å²) >= 11 is 1.20. The van der Waals surface area contributed by atoms with Gasteiger partial charge < -0.3 is 4.90 Å². The lowest BCUT2D eigenvalue weighted by molar-refractivity contribution is -0.137. The monoisotopic (exact) mass is 454 g/mol. The van der Waals surface area contributed by atoms with Crippen LogP contribution in [0.4, 0.5) is 0 Å². The molecule has 0 aliphatic carbocycles. The van der Waals surface area contributed by atoms with Crippen molar-refractivity contribution in [2.45, 2.75) is 42.6 Å². The van der Waals surface area contributed by atoms with Gasteiger partial charge in [0.25, 0.3) is 10.0 Å². The number of hydrogen-bond donors (Lipinski definition) is 0. The van der Waals surface area contributed by atoms with Gasteiger partial charge >= 0.3 is 0 Å². The molecule has 162 valence electrons. The van der Waals surface area contributed by atoms with Crippen molar-refractivity contribution in [1.82, 2.24) is 9.21 Å². The van der Waals surface area contributed by atoms with E-state index < -0.39 is 16.1 Å². The van der Waals surface area contributed by atoms with E-state index in [0.29, 0.717) is 30.3 Å². The maximum Gasteiger partial charge on any atom is 0.253 e. The highest BCUT2D eigenvalue weighted by atomic mass is 32.2. The van der Waals surface area contributed by atoms with Crippen LogP contribution in [0.2, 0.25) is 0 Å². The van der Waals surface area contributed by atoms with Gasteiger partial charge in [-0.2, -0.15) is 4.31 Å². The van der Waals surface area contributed by atoms with Crippen molar-refractivity contribution < 1.29 is 13.2 Å². The fourth-order valence-electron chi connectivity index (χ4n) is 4.00. The number of thiophene rings is 1. The first kappa shape index (κ1) is 21.7. The number of hydrogen-bond acceptors (Lipinski definition) is 4. The molecule has 0 spiro atoms. The summed E-state index contributed by atoms with van der Waals surface area (Å²) in [5.41, 5.74) is 2.05. The average molecular weight is 455 g/mol. The van der Waals surface area contributed by atoms with Gasteiger partial charge in [0.1, 0.15) is 10.3 Å². The molecule has 1 fully saturated rings. The second-order valence-corrected chi connectivity index (χ2v) is 10.8. The van der Waals surface area contributed by atoms with Crippen molar-refractivity contribution >= 4 is 27.3 Å². The highest BCUT2D eigenvalue weighted by Gasteiger charge is 2.39. The van der Waals surface area contributed by atoms with Gasteiger partial charge in [0.05, 0.1) is 0 Å². The van der Waals surface area contributed by atoms with Crippen LogP contribution in [0.15, 0.2) is 82.4 Å². The second-order valence-electron chi connectivity index (χ2n) is 7.72. The summed E-state index contributed by atoms with van der Waals surface area (Å²) in [6.45, 7) is 1.26. The third kappa shape index (κ3) is 5.06. The Kier molecular flexibility index (Phi) is 6.85. The molecule has 0 saturated carbocycles. The highest BCUT2D eigenvalue weighted by molar-refractivity contribution is 7.91. The van der Waals surface area contributed by atoms with E-state index in [1.807, 2.05) is 60.7 Å². The summed E-state index contributed by atoms with van der Waals surface area (Å²) in [5, 5.41) is 1.75. The Morgan fingerprint density at radius 2 is 1.52 bits per heavy atom. The van der Waals surface area contributed by atoms with Crippen molar-refractivity contribution in [2.24, 2.45) is 0 Å². The number of carbonyl (C=O) groups is 1. The molecule has 2 heterocycles. The molecule has 0 N–H and O–H groups in total. The largest absolute Gasteiger partial charge is 0.333 e. The second kappa shape index (κ2) is 9.77. The molecule has 1 aliphatic heterocycles. The van der Waals surface area contributed by atoms with Gasteiger partial charge in [-0.3, -0.25) is 4.79 Å². The first-order chi connectivity index (χ1) is 15.1. The highest BCUT2D eigenvalue weighted by Crippen LogP contribution is 2.29. The fraction of sp³-hybridized carbons (Fsp3) is 0.292. The van der Waals surface area contributed by atoms with E-state index in [-0.39, 0.29) is 5.91 Å². The minimum Gasteiger partial charge on any atom is -0.333 e. The maximum absolute atomic E-state index is 13.8. The number of carbonyl (C=O) groups excluding carboxylic acids is 1. The van der Waals surface area contributed by atoms with Crippen molar-refractivity contribution in [3.8, 4) is 0 Å². The molecule has 1 unspecified atom stereocenters. The molecular formula is C24H26N2O3S2. The number of rotatable bonds is 7. The molecule has 1 aromatic heterocycles. The minimum atomic E-state index is -3.69. The van der Waals surface area contributed by atoms with Crippen LogP contribution >= 0.6 is 11.3 Å². The van der Waals surface area contributed by atoms with Crippen LogP contribution in [0.5, 0.6) is 0 Å². The van der Waals surface area contributed by atoms with E-state index in [0.717, 1.165) is 24.0 Å². The van der Waals surface area contributed by atoms with Crippen molar-refractivity contribution in [3.05, 3.63) is 89.3 Å². The Balaban J connectivity index is 1.63. The molecule has 3 aromatic rings. The Labute approximate surface area is 188 Å². The van der Waals surface area contributed by atoms with E-state index in [9.17, 15) is 13.2 Å². The van der Waals surface area contributed by atoms with E-state index in [1.165, 1.54) is 15.6 Å². The molecular weight excluding hydrogens is 428 g/mol. The van der Waals surface area contributed by atoms with Crippen molar-refractivity contribution in [2.75, 3.05) is 6.54 Å². The summed E-state index contributed by atoms with van der Waals surface area (Å²) in [7, 11) is -3.69. The van der Waals surface area contributed by atoms with Crippen LogP contribution in [-0.4, -0.2) is 36.1 Å². The van der Waals surface area contributed by atoms with E-state index in [1.54, 1.807) is 22.4 Å². The molecule has 31 heavy (non-hydrogen) atoms. The molecule has 7 heteroatoms. The van der Waals surface area contributed by atoms with E-state index in [4.69, 9.17) is 0 Å². The summed E-state index contributed by atoms with van der Waals surface area (Å²) in [4.78, 5) is 15.5. The molecule has 1 atom stereocenters. The van der Waals surface area contributed by atoms with Gasteiger partial charge in [-0.15, -0.1) is 11.3 Å². The first-order valence-corrected chi connectivity index (χ1v) is 12.8. The smallest absolute Gasteiger partial charge is 0.253 e. The Morgan fingerprint density at radius 3 is 2.06 bits per heavy atom. The molecule has 4 rings (SSSR count). The third-order valence-corrected chi connectivity index (χ3v) is 8.82. The zero-order valence-electron chi connectivity index (χ0n) is 17.3. The number of piperidine rings is 1. The van der Waals surface area contributed by atoms with Crippen LogP contribution in [0.1, 0.15) is 30.4 Å². The average Bonchev–Trinajstić information content (AvgIpc) is 3.36. The fourth-order valence-corrected chi connectivity index (χ4v) is 6.77. The van der Waals surface area contributed by atoms with Crippen LogP contribution in [0.25, 0.3) is 0 Å². The molecule has 1 saturated heterocycles. The SMILES string of the molecule is O=C(C1CCCCN1S(=O)(=O)c1cccs1)N(Cc1ccccc1)Cc1ccccc1. The standard InChI is InChI=1S/C24H26N2O3S2/c27-24(22-14-7-8-16-26(22)31(28,29)23-15-9-17-30-23)25(18-20-10-3-1-4-11-20)19-21-12-5-2-6-13-21/h1-6,9-13,15,17,22H,7-8,14,16,18-19H2. The van der Waals surface area contributed by atoms with E-state index >= 15 is 0 Å². The van der Waals surface area contributed by atoms with Gasteiger partial charge in [-0.1, -0.05) is 73.2 Å². The van der Waals surface area contributed by atoms with Gasteiger partial charge in [0.15, 0.2) is 0 Å². The molecule has 5 nitrogen and oxygen atoms in total. The lowest BCUT2D eigenvalue weighted by atomic mass is 10.0. The normalized spacial score (nSPS) is 17.4. The summed E-state index contributed by atoms with van der Waals surface area (Å²) < 4.78 is 28.3. The predicted molar refractivity (Wildman–Crippen MR) is 123 cm³/mol. The Hall–Kier alpha value is -2.48. The lowest BCUT2D eigenvalue weighted by Crippen LogP contribution is -2.52. The van der Waals surface area contributed by atoms with Crippen molar-refractivity contribution in [1.29, 1.82) is 0 Å². The van der Waals surface area contributed by atoms with Crippen LogP contribution in [-0.2, 0) is 27.9 Å². The van der Waals surface area contributed by atoms with Crippen LogP contribution in [0, 0.1) is 0 Å². The van der Waals surface area contributed by atoms with Crippen molar-refractivity contribution in [3.63, 3.8) is 0 Å². The number of sulfonamides is 1. The number of amides is 1. The molecule has 2 aromatic carbocycles. The lowest BCUT2D eigenvalue weighted by Gasteiger charge is -2.36. The number of nitrogens with zero attached hydrogens (tertiary/aromatic N) is 2. The quantitative estimate of drug-likeness (QED) is 0.527. The van der Waals surface area contributed by atoms with Gasteiger partial charge in [0, 0.05) is 19.6 Å². The molecule has 1 amide bonds. The predicted octanol–water partition coefficient (Wildman–Crippen LogP) is 4.52. The van der Waals surface area contributed by atoms with E-state index in [2.05, 4.69) is 0 Å². The maximum atomic E-state index is 13.8. The summed E-state index contributed by atoms with van der Waals surface area (Å²) in [5.74, 6) is -0.132. The Morgan fingerprint density at radius 1 is 0.903 bits per heavy atom. The molecule has 0 bridgehead atoms.